The van der Waals surface area contributed by atoms with E-state index in [1.54, 1.807) is 7.11 Å². The van der Waals surface area contributed by atoms with Crippen molar-refractivity contribution in [1.82, 2.24) is 10.3 Å². The van der Waals surface area contributed by atoms with E-state index >= 15 is 0 Å². The van der Waals surface area contributed by atoms with Crippen LogP contribution in [-0.2, 0) is 17.6 Å². The number of anilines is 1. The molecular formula is C23H25N3O3. The molecule has 150 valence electrons. The lowest BCUT2D eigenvalue weighted by atomic mass is 10.1. The van der Waals surface area contributed by atoms with Crippen LogP contribution in [0.25, 0.3) is 10.9 Å². The zero-order valence-corrected chi connectivity index (χ0v) is 16.5. The third-order valence-corrected chi connectivity index (χ3v) is 5.44. The number of nitrogens with zero attached hydrogens (tertiary/aromatic N) is 1. The van der Waals surface area contributed by atoms with E-state index < -0.39 is 0 Å². The third-order valence-electron chi connectivity index (χ3n) is 5.44. The molecule has 1 amide bonds. The van der Waals surface area contributed by atoms with Crippen molar-refractivity contribution in [2.75, 3.05) is 31.6 Å². The van der Waals surface area contributed by atoms with Gasteiger partial charge in [-0.3, -0.25) is 9.59 Å². The summed E-state index contributed by atoms with van der Waals surface area (Å²) in [5.74, 6) is 0.694. The normalized spacial score (nSPS) is 12.8. The number of H-pyrrole nitrogens is 1. The minimum absolute atomic E-state index is 0.0392. The summed E-state index contributed by atoms with van der Waals surface area (Å²) in [6.07, 6.45) is 1.75. The third kappa shape index (κ3) is 4.26. The van der Waals surface area contributed by atoms with E-state index in [4.69, 9.17) is 4.74 Å². The van der Waals surface area contributed by atoms with Gasteiger partial charge in [0.2, 0.25) is 5.91 Å². The molecule has 4 rings (SSSR count). The first kappa shape index (κ1) is 19.1. The number of amides is 1. The summed E-state index contributed by atoms with van der Waals surface area (Å²) >= 11 is 0. The van der Waals surface area contributed by atoms with Gasteiger partial charge in [0.1, 0.15) is 5.75 Å². The zero-order valence-electron chi connectivity index (χ0n) is 16.5. The van der Waals surface area contributed by atoms with Gasteiger partial charge in [-0.15, -0.1) is 0 Å². The molecule has 0 saturated carbocycles. The van der Waals surface area contributed by atoms with Crippen LogP contribution < -0.4 is 20.5 Å². The number of hydrogen-bond acceptors (Lipinski definition) is 4. The van der Waals surface area contributed by atoms with E-state index in [0.717, 1.165) is 36.2 Å². The average Bonchev–Trinajstić information content (AvgIpc) is 3.15. The molecule has 0 fully saturated rings. The van der Waals surface area contributed by atoms with Crippen LogP contribution in [0.3, 0.4) is 0 Å². The van der Waals surface area contributed by atoms with Gasteiger partial charge in [-0.05, 0) is 48.7 Å². The maximum atomic E-state index is 12.3. The van der Waals surface area contributed by atoms with Gasteiger partial charge < -0.3 is 19.9 Å². The number of aromatic amines is 1. The first-order valence-electron chi connectivity index (χ1n) is 9.93. The molecule has 6 nitrogen and oxygen atoms in total. The molecule has 0 spiro atoms. The van der Waals surface area contributed by atoms with E-state index in [9.17, 15) is 9.59 Å². The smallest absolute Gasteiger partial charge is 0.251 e. The second-order valence-corrected chi connectivity index (χ2v) is 7.29. The lowest BCUT2D eigenvalue weighted by molar-refractivity contribution is -0.121. The number of fused-ring (bicyclic) bond motifs is 2. The Morgan fingerprint density at radius 3 is 2.93 bits per heavy atom. The first-order chi connectivity index (χ1) is 14.1. The number of aromatic nitrogens is 1. The number of carbonyl (C=O) groups excluding carboxylic acids is 1. The van der Waals surface area contributed by atoms with Gasteiger partial charge in [-0.25, -0.2) is 0 Å². The summed E-state index contributed by atoms with van der Waals surface area (Å²) in [5.41, 5.74) is 3.85. The second kappa shape index (κ2) is 8.39. The van der Waals surface area contributed by atoms with Gasteiger partial charge in [0.05, 0.1) is 7.11 Å². The molecular weight excluding hydrogens is 366 g/mol. The van der Waals surface area contributed by atoms with Crippen LogP contribution in [-0.4, -0.2) is 37.6 Å². The minimum atomic E-state index is -0.149. The van der Waals surface area contributed by atoms with Crippen molar-refractivity contribution in [3.8, 4) is 5.75 Å². The van der Waals surface area contributed by atoms with Crippen molar-refractivity contribution in [1.29, 1.82) is 0 Å². The highest BCUT2D eigenvalue weighted by Gasteiger charge is 2.17. The summed E-state index contributed by atoms with van der Waals surface area (Å²) in [7, 11) is 1.61. The molecule has 2 heterocycles. The highest BCUT2D eigenvalue weighted by molar-refractivity contribution is 5.81. The predicted molar refractivity (Wildman–Crippen MR) is 115 cm³/mol. The average molecular weight is 391 g/mol. The molecule has 2 N–H and O–H groups in total. The maximum absolute atomic E-state index is 12.3. The Morgan fingerprint density at radius 1 is 1.21 bits per heavy atom. The van der Waals surface area contributed by atoms with Gasteiger partial charge in [0.25, 0.3) is 5.56 Å². The van der Waals surface area contributed by atoms with Crippen LogP contribution in [0.4, 0.5) is 5.69 Å². The monoisotopic (exact) mass is 391 g/mol. The molecule has 0 radical (unpaired) electrons. The van der Waals surface area contributed by atoms with Gasteiger partial charge in [0.15, 0.2) is 0 Å². The summed E-state index contributed by atoms with van der Waals surface area (Å²) in [4.78, 5) is 29.7. The van der Waals surface area contributed by atoms with Crippen LogP contribution in [0.1, 0.15) is 17.5 Å². The molecule has 1 aliphatic heterocycles. The SMILES string of the molecule is COc1ccc2[nH]c(=O)c(CCC(=O)NCCN3CCc4ccccc43)cc2c1. The number of para-hydroxylation sites is 1. The molecule has 0 bridgehead atoms. The fourth-order valence-electron chi connectivity index (χ4n) is 3.85. The van der Waals surface area contributed by atoms with Crippen molar-refractivity contribution in [2.24, 2.45) is 0 Å². The largest absolute Gasteiger partial charge is 0.497 e. The van der Waals surface area contributed by atoms with Crippen LogP contribution in [0.5, 0.6) is 5.75 Å². The van der Waals surface area contributed by atoms with Crippen molar-refractivity contribution in [3.63, 3.8) is 0 Å². The molecule has 0 atom stereocenters. The van der Waals surface area contributed by atoms with Crippen molar-refractivity contribution >= 4 is 22.5 Å². The van der Waals surface area contributed by atoms with Gasteiger partial charge in [-0.1, -0.05) is 18.2 Å². The summed E-state index contributed by atoms with van der Waals surface area (Å²) in [6, 6.07) is 15.7. The summed E-state index contributed by atoms with van der Waals surface area (Å²) in [5, 5.41) is 3.87. The van der Waals surface area contributed by atoms with Crippen molar-refractivity contribution < 1.29 is 9.53 Å². The highest BCUT2D eigenvalue weighted by atomic mass is 16.5. The minimum Gasteiger partial charge on any atom is -0.497 e. The Kier molecular flexibility index (Phi) is 5.51. The number of benzene rings is 2. The molecule has 0 saturated heterocycles. The quantitative estimate of drug-likeness (QED) is 0.649. The number of carbonyl (C=O) groups is 1. The summed E-state index contributed by atoms with van der Waals surface area (Å²) in [6.45, 7) is 2.38. The number of ether oxygens (including phenoxy) is 1. The van der Waals surface area contributed by atoms with Gasteiger partial charge in [0, 0.05) is 48.2 Å². The molecule has 0 unspecified atom stereocenters. The number of hydrogen-bond donors (Lipinski definition) is 2. The maximum Gasteiger partial charge on any atom is 0.251 e. The number of aryl methyl sites for hydroxylation is 1. The van der Waals surface area contributed by atoms with E-state index in [0.29, 0.717) is 18.5 Å². The number of pyridine rings is 1. The van der Waals surface area contributed by atoms with Gasteiger partial charge >= 0.3 is 0 Å². The zero-order chi connectivity index (χ0) is 20.2. The van der Waals surface area contributed by atoms with E-state index in [1.807, 2.05) is 30.3 Å². The lowest BCUT2D eigenvalue weighted by Crippen LogP contribution is -2.34. The molecule has 0 aliphatic carbocycles. The lowest BCUT2D eigenvalue weighted by Gasteiger charge is -2.19. The second-order valence-electron chi connectivity index (χ2n) is 7.29. The van der Waals surface area contributed by atoms with Crippen LogP contribution in [0, 0.1) is 0 Å². The van der Waals surface area contributed by atoms with Crippen LogP contribution in [0.15, 0.2) is 53.3 Å². The Bertz CT molecular complexity index is 1090. The Morgan fingerprint density at radius 2 is 2.07 bits per heavy atom. The van der Waals surface area contributed by atoms with Crippen molar-refractivity contribution in [2.45, 2.75) is 19.3 Å². The number of rotatable bonds is 7. The van der Waals surface area contributed by atoms with Crippen LogP contribution in [0.2, 0.25) is 0 Å². The Balaban J connectivity index is 1.30. The fourth-order valence-corrected chi connectivity index (χ4v) is 3.85. The molecule has 6 heteroatoms. The van der Waals surface area contributed by atoms with Gasteiger partial charge in [-0.2, -0.15) is 0 Å². The van der Waals surface area contributed by atoms with Crippen molar-refractivity contribution in [3.05, 3.63) is 70.0 Å². The van der Waals surface area contributed by atoms with E-state index in [2.05, 4.69) is 33.4 Å². The molecule has 1 aliphatic rings. The Hall–Kier alpha value is -3.28. The van der Waals surface area contributed by atoms with E-state index in [1.165, 1.54) is 11.3 Å². The Labute approximate surface area is 169 Å². The number of methoxy groups -OCH3 is 1. The molecule has 1 aromatic heterocycles. The molecule has 29 heavy (non-hydrogen) atoms. The standard InChI is InChI=1S/C23H25N3O3/c1-29-19-7-8-20-18(15-19)14-17(23(28)25-20)6-9-22(27)24-11-13-26-12-10-16-4-2-3-5-21(16)26/h2-5,7-8,14-15H,6,9-13H2,1H3,(H,24,27)(H,25,28). The predicted octanol–water partition coefficient (Wildman–Crippen LogP) is 2.65. The van der Waals surface area contributed by atoms with Crippen LogP contribution >= 0.6 is 0 Å². The first-order valence-corrected chi connectivity index (χ1v) is 9.93. The highest BCUT2D eigenvalue weighted by Crippen LogP contribution is 2.26. The topological polar surface area (TPSA) is 74.4 Å². The molecule has 3 aromatic rings. The number of nitrogens with one attached hydrogen (secondary N) is 2. The van der Waals surface area contributed by atoms with E-state index in [-0.39, 0.29) is 17.9 Å². The fraction of sp³-hybridized carbons (Fsp3) is 0.304. The summed E-state index contributed by atoms with van der Waals surface area (Å²) < 4.78 is 5.24. The molecule has 2 aromatic carbocycles.